The molecule has 0 radical (unpaired) electrons. The van der Waals surface area contributed by atoms with Crippen LogP contribution in [0.25, 0.3) is 0 Å². The Morgan fingerprint density at radius 1 is 0.639 bits per heavy atom. The van der Waals surface area contributed by atoms with Gasteiger partial charge in [0.1, 0.15) is 50.1 Å². The number of carbonyl (C=O) groups is 2. The summed E-state index contributed by atoms with van der Waals surface area (Å²) < 4.78 is 35.8. The third kappa shape index (κ3) is 9.28. The van der Waals surface area contributed by atoms with Gasteiger partial charge in [-0.2, -0.15) is 0 Å². The van der Waals surface area contributed by atoms with Crippen molar-refractivity contribution in [3.8, 4) is 11.5 Å². The molecule has 8 heteroatoms. The van der Waals surface area contributed by atoms with Crippen LogP contribution in [-0.4, -0.2) is 64.8 Å². The first-order chi connectivity index (χ1) is 29.2. The van der Waals surface area contributed by atoms with E-state index in [2.05, 4.69) is 84.9 Å². The first-order valence-corrected chi connectivity index (χ1v) is 23.2. The van der Waals surface area contributed by atoms with Gasteiger partial charge in [-0.25, -0.2) is 0 Å². The Labute approximate surface area is 365 Å². The molecule has 0 aromatic heterocycles. The van der Waals surface area contributed by atoms with Gasteiger partial charge in [0.15, 0.2) is 0 Å². The monoisotopic (exact) mass is 837 g/mol. The van der Waals surface area contributed by atoms with E-state index < -0.39 is 23.0 Å². The number of hydrogen-bond donors (Lipinski definition) is 0. The lowest BCUT2D eigenvalue weighted by Crippen LogP contribution is -2.53. The van der Waals surface area contributed by atoms with Crippen molar-refractivity contribution in [1.29, 1.82) is 0 Å². The van der Waals surface area contributed by atoms with Crippen molar-refractivity contribution in [2.75, 3.05) is 40.6 Å². The first-order valence-electron chi connectivity index (χ1n) is 23.2. The highest BCUT2D eigenvalue weighted by atomic mass is 16.6. The lowest BCUT2D eigenvalue weighted by Gasteiger charge is -2.54. The molecule has 2 fully saturated rings. The van der Waals surface area contributed by atoms with Crippen LogP contribution >= 0.6 is 0 Å². The minimum atomic E-state index is -0.568. The molecule has 8 atom stereocenters. The summed E-state index contributed by atoms with van der Waals surface area (Å²) in [7, 11) is 3.23. The molecule has 0 heterocycles. The maximum absolute atomic E-state index is 14.0. The van der Waals surface area contributed by atoms with E-state index >= 15 is 0 Å². The van der Waals surface area contributed by atoms with E-state index in [0.717, 1.165) is 64.2 Å². The fourth-order valence-electron chi connectivity index (χ4n) is 11.7. The normalized spacial score (nSPS) is 27.8. The average molecular weight is 837 g/mol. The maximum atomic E-state index is 14.0. The molecule has 2 saturated carbocycles. The van der Waals surface area contributed by atoms with Crippen molar-refractivity contribution in [2.24, 2.45) is 22.7 Å². The van der Waals surface area contributed by atoms with E-state index in [0.29, 0.717) is 29.3 Å². The zero-order valence-corrected chi connectivity index (χ0v) is 38.5. The van der Waals surface area contributed by atoms with Gasteiger partial charge in [0.25, 0.3) is 0 Å². The van der Waals surface area contributed by atoms with Crippen LogP contribution in [0.1, 0.15) is 151 Å². The molecule has 8 nitrogen and oxygen atoms in total. The second-order valence-corrected chi connectivity index (χ2v) is 20.0. The number of ether oxygens (including phenoxy) is 6. The minimum absolute atomic E-state index is 0.0574. The highest BCUT2D eigenvalue weighted by molar-refractivity contribution is 5.78. The summed E-state index contributed by atoms with van der Waals surface area (Å²) >= 11 is 0. The summed E-state index contributed by atoms with van der Waals surface area (Å²) in [6.45, 7) is 16.2. The molecule has 0 N–H and O–H groups in total. The van der Waals surface area contributed by atoms with Crippen LogP contribution in [0.3, 0.4) is 0 Å². The zero-order chi connectivity index (χ0) is 43.5. The molecule has 0 spiro atoms. The Kier molecular flexibility index (Phi) is 13.9. The summed E-state index contributed by atoms with van der Waals surface area (Å²) in [5, 5.41) is 0. The maximum Gasteiger partial charge on any atom is 0.312 e. The highest BCUT2D eigenvalue weighted by Crippen LogP contribution is 2.58. The third-order valence-electron chi connectivity index (χ3n) is 15.6. The number of fused-ring (bicyclic) bond motifs is 6. The Hall–Kier alpha value is -3.88. The molecule has 0 amide bonds. The Morgan fingerprint density at radius 2 is 1.21 bits per heavy atom. The highest BCUT2D eigenvalue weighted by Gasteiger charge is 2.56. The van der Waals surface area contributed by atoms with Crippen LogP contribution in [0.15, 0.2) is 60.7 Å². The van der Waals surface area contributed by atoms with Gasteiger partial charge in [-0.05, 0) is 146 Å². The van der Waals surface area contributed by atoms with Crippen LogP contribution in [-0.2, 0) is 46.8 Å². The molecule has 4 aliphatic carbocycles. The topological polar surface area (TPSA) is 89.5 Å². The summed E-state index contributed by atoms with van der Waals surface area (Å²) in [6.07, 6.45) is 8.99. The van der Waals surface area contributed by atoms with E-state index in [9.17, 15) is 9.59 Å². The van der Waals surface area contributed by atoms with Gasteiger partial charge in [0, 0.05) is 20.3 Å². The van der Waals surface area contributed by atoms with Crippen molar-refractivity contribution >= 4 is 11.9 Å². The van der Waals surface area contributed by atoms with E-state index in [-0.39, 0.29) is 55.6 Å². The fraction of sp³-hybridized carbons (Fsp3) is 0.623. The quantitative estimate of drug-likeness (QED) is 0.132. The van der Waals surface area contributed by atoms with Crippen LogP contribution in [0.2, 0.25) is 0 Å². The van der Waals surface area contributed by atoms with Crippen LogP contribution in [0, 0.1) is 22.7 Å². The third-order valence-corrected chi connectivity index (χ3v) is 15.6. The number of rotatable bonds is 16. The summed E-state index contributed by atoms with van der Waals surface area (Å²) in [6, 6.07) is 21.4. The smallest absolute Gasteiger partial charge is 0.312 e. The number of aryl methyl sites for hydroxylation is 2. The standard InChI is InChI=1S/C53H72O8/c1-34(2)36-16-20-44-38(27-36)18-22-47-45(44)15-11-24-52(47,6)49(54)60-32-42(56-8)30-58-40-13-10-14-41(29-40)59-31-43(57-9)33-61-50(55)53(7)26-12-25-51(5)46-21-17-37(35(3)4)28-39(46)19-23-48(51)53/h10,13-14,16-17,20-21,27-29,34-35,42-43,45,47-48H,11-12,15,18-19,22-26,30-33H2,1-9H3. The van der Waals surface area contributed by atoms with Gasteiger partial charge in [0.2, 0.25) is 0 Å². The molecule has 0 bridgehead atoms. The number of carbonyl (C=O) groups excluding carboxylic acids is 2. The molecule has 332 valence electrons. The summed E-state index contributed by atoms with van der Waals surface area (Å²) in [5.74, 6) is 2.81. The predicted octanol–water partition coefficient (Wildman–Crippen LogP) is 11.1. The lowest BCUT2D eigenvalue weighted by atomic mass is 9.49. The zero-order valence-electron chi connectivity index (χ0n) is 38.5. The van der Waals surface area contributed by atoms with Crippen molar-refractivity contribution in [2.45, 2.75) is 148 Å². The molecule has 0 saturated heterocycles. The van der Waals surface area contributed by atoms with Crippen LogP contribution in [0.5, 0.6) is 11.5 Å². The molecule has 8 unspecified atom stereocenters. The SMILES string of the molecule is COC(COC(=O)C1(C)CCCC2c3ccc(C(C)C)cc3CCC21)COc1cccc(OCC(COC(=O)C2(C)CCCC3(C)c4ccc(C(C)C)cc4CCC23)OC)c1. The Morgan fingerprint density at radius 3 is 1.84 bits per heavy atom. The predicted molar refractivity (Wildman–Crippen MR) is 240 cm³/mol. The van der Waals surface area contributed by atoms with E-state index in [1.54, 1.807) is 14.2 Å². The molecule has 4 aliphatic rings. The van der Waals surface area contributed by atoms with Crippen molar-refractivity contribution in [1.82, 2.24) is 0 Å². The van der Waals surface area contributed by atoms with Crippen molar-refractivity contribution < 1.29 is 38.0 Å². The molecule has 3 aromatic rings. The van der Waals surface area contributed by atoms with E-state index in [4.69, 9.17) is 28.4 Å². The second-order valence-electron chi connectivity index (χ2n) is 20.0. The Bertz CT molecular complexity index is 2010. The number of benzene rings is 3. The number of methoxy groups -OCH3 is 2. The van der Waals surface area contributed by atoms with Gasteiger partial charge in [0.05, 0.1) is 10.8 Å². The van der Waals surface area contributed by atoms with Crippen LogP contribution in [0.4, 0.5) is 0 Å². The minimum Gasteiger partial charge on any atom is -0.491 e. The van der Waals surface area contributed by atoms with Gasteiger partial charge in [-0.1, -0.05) is 89.9 Å². The Balaban J connectivity index is 0.886. The number of esters is 2. The van der Waals surface area contributed by atoms with E-state index in [1.807, 2.05) is 24.3 Å². The summed E-state index contributed by atoms with van der Waals surface area (Å²) in [5.41, 5.74) is 7.36. The van der Waals surface area contributed by atoms with Gasteiger partial charge in [-0.3, -0.25) is 9.59 Å². The molecule has 3 aromatic carbocycles. The van der Waals surface area contributed by atoms with Crippen molar-refractivity contribution in [3.63, 3.8) is 0 Å². The lowest BCUT2D eigenvalue weighted by molar-refractivity contribution is -0.168. The van der Waals surface area contributed by atoms with Gasteiger partial charge in [-0.15, -0.1) is 0 Å². The first kappa shape index (κ1) is 45.2. The van der Waals surface area contributed by atoms with Gasteiger partial charge < -0.3 is 28.4 Å². The molecule has 0 aliphatic heterocycles. The number of hydrogen-bond acceptors (Lipinski definition) is 8. The molecular formula is C53H72O8. The average Bonchev–Trinajstić information content (AvgIpc) is 3.25. The fourth-order valence-corrected chi connectivity index (χ4v) is 11.7. The summed E-state index contributed by atoms with van der Waals surface area (Å²) in [4.78, 5) is 27.9. The largest absolute Gasteiger partial charge is 0.491 e. The molecular weight excluding hydrogens is 765 g/mol. The van der Waals surface area contributed by atoms with Gasteiger partial charge >= 0.3 is 11.9 Å². The van der Waals surface area contributed by atoms with Crippen molar-refractivity contribution in [3.05, 3.63) is 94.0 Å². The van der Waals surface area contributed by atoms with E-state index in [1.165, 1.54) is 33.4 Å². The second kappa shape index (κ2) is 18.8. The molecule has 7 rings (SSSR count). The van der Waals surface area contributed by atoms with Crippen LogP contribution < -0.4 is 9.47 Å². The molecule has 61 heavy (non-hydrogen) atoms.